The van der Waals surface area contributed by atoms with Crippen LogP contribution < -0.4 is 30.7 Å². The molecule has 1 aliphatic carbocycles. The van der Waals surface area contributed by atoms with E-state index in [0.717, 1.165) is 0 Å². The Hall–Kier alpha value is -4.06. The van der Waals surface area contributed by atoms with Gasteiger partial charge in [-0.15, -0.1) is 19.4 Å². The van der Waals surface area contributed by atoms with E-state index in [-0.39, 0.29) is 17.5 Å². The van der Waals surface area contributed by atoms with Crippen molar-refractivity contribution in [2.45, 2.75) is 84.9 Å². The van der Waals surface area contributed by atoms with Crippen LogP contribution in [0.15, 0.2) is 97.1 Å². The second-order valence-corrected chi connectivity index (χ2v) is 23.6. The van der Waals surface area contributed by atoms with Crippen molar-refractivity contribution in [1.29, 1.82) is 0 Å². The molecule has 0 saturated carbocycles. The Morgan fingerprint density at radius 2 is 1.28 bits per heavy atom. The summed E-state index contributed by atoms with van der Waals surface area (Å²) in [5.74, 6) is 0. The van der Waals surface area contributed by atoms with E-state index in [0.29, 0.717) is 0 Å². The van der Waals surface area contributed by atoms with E-state index < -0.39 is 8.07 Å². The number of rotatable bonds is 3. The molecule has 6 aromatic rings. The molecule has 251 valence electrons. The lowest BCUT2D eigenvalue weighted by Crippen LogP contribution is -2.62. The number of aryl methyl sites for hydroxylation is 2. The van der Waals surface area contributed by atoms with E-state index in [4.69, 9.17) is 0 Å². The van der Waals surface area contributed by atoms with Gasteiger partial charge in [0, 0.05) is 43.3 Å². The third-order valence-electron chi connectivity index (χ3n) is 11.9. The minimum Gasteiger partial charge on any atom is -0.313 e. The van der Waals surface area contributed by atoms with Gasteiger partial charge in [-0.2, -0.15) is 24.8 Å². The molecule has 0 fully saturated rings. The first kappa shape index (κ1) is 31.9. The highest BCUT2D eigenvalue weighted by atomic mass is 32.1. The van der Waals surface area contributed by atoms with E-state index >= 15 is 0 Å². The Kier molecular flexibility index (Phi) is 6.84. The van der Waals surface area contributed by atoms with E-state index in [1.165, 1.54) is 100 Å². The summed E-state index contributed by atoms with van der Waals surface area (Å²) in [7, 11) is -1.83. The lowest BCUT2D eigenvalue weighted by Gasteiger charge is -2.47. The molecule has 2 aliphatic heterocycles. The van der Waals surface area contributed by atoms with Crippen molar-refractivity contribution in [3.8, 4) is 0 Å². The highest BCUT2D eigenvalue weighted by molar-refractivity contribution is 7.33. The lowest BCUT2D eigenvalue weighted by molar-refractivity contribution is 0.332. The smallest absolute Gasteiger partial charge is 0.264 e. The monoisotopic (exact) mass is 686 g/mol. The lowest BCUT2D eigenvalue weighted by atomic mass is 9.36. The molecule has 0 atom stereocenters. The zero-order valence-corrected chi connectivity index (χ0v) is 32.8. The van der Waals surface area contributed by atoms with Gasteiger partial charge in [-0.05, 0) is 114 Å². The normalized spacial score (nSPS) is 16.9. The molecule has 3 aliphatic rings. The quantitative estimate of drug-likeness (QED) is 0.171. The van der Waals surface area contributed by atoms with Crippen LogP contribution in [0.1, 0.15) is 62.8 Å². The number of nitrogens with zero attached hydrogens (tertiary/aromatic N) is 2. The molecule has 0 N–H and O–H groups in total. The molecule has 0 amide bonds. The molecule has 0 bridgehead atoms. The van der Waals surface area contributed by atoms with Gasteiger partial charge in [-0.1, -0.05) is 81.8 Å². The molecule has 0 unspecified atom stereocenters. The Balaban J connectivity index is 1.45. The highest BCUT2D eigenvalue weighted by Gasteiger charge is 2.46. The second-order valence-electron chi connectivity index (χ2n) is 17.5. The number of benzene rings is 5. The molecule has 50 heavy (non-hydrogen) atoms. The van der Waals surface area contributed by atoms with Crippen LogP contribution in [0.3, 0.4) is 0 Å². The van der Waals surface area contributed by atoms with Gasteiger partial charge in [0.1, 0.15) is 0 Å². The summed E-state index contributed by atoms with van der Waals surface area (Å²) in [6.45, 7) is 22.0. The van der Waals surface area contributed by atoms with Crippen LogP contribution in [0, 0.1) is 13.8 Å². The molecule has 0 spiro atoms. The van der Waals surface area contributed by atoms with E-state index in [9.17, 15) is 0 Å². The molecule has 1 aromatic heterocycles. The second kappa shape index (κ2) is 10.7. The van der Waals surface area contributed by atoms with Crippen molar-refractivity contribution in [1.82, 2.24) is 0 Å². The number of hydrogen-bond donors (Lipinski definition) is 0. The average molecular weight is 687 g/mol. The fourth-order valence-corrected chi connectivity index (χ4v) is 12.0. The molecule has 3 heterocycles. The van der Waals surface area contributed by atoms with Gasteiger partial charge in [-0.25, -0.2) is 0 Å². The predicted octanol–water partition coefficient (Wildman–Crippen LogP) is 10.5. The van der Waals surface area contributed by atoms with Crippen LogP contribution in [-0.2, 0) is 10.8 Å². The summed E-state index contributed by atoms with van der Waals surface area (Å²) < 4.78 is 2.89. The summed E-state index contributed by atoms with van der Waals surface area (Å²) in [5, 5.41) is 2.93. The zero-order chi connectivity index (χ0) is 34.9. The number of fused-ring (bicyclic) bond motifs is 7. The van der Waals surface area contributed by atoms with E-state index in [1.807, 2.05) is 11.3 Å². The summed E-state index contributed by atoms with van der Waals surface area (Å²) in [6.07, 6.45) is 2.43. The number of anilines is 6. The maximum Gasteiger partial charge on any atom is 0.264 e. The molecule has 9 rings (SSSR count). The Labute approximate surface area is 303 Å². The van der Waals surface area contributed by atoms with Crippen LogP contribution in [0.5, 0.6) is 0 Å². The zero-order valence-electron chi connectivity index (χ0n) is 31.0. The first-order chi connectivity index (χ1) is 23.7. The van der Waals surface area contributed by atoms with Gasteiger partial charge >= 0.3 is 0 Å². The minimum absolute atomic E-state index is 0.137. The van der Waals surface area contributed by atoms with Crippen molar-refractivity contribution >= 4 is 91.2 Å². The Bertz CT molecular complexity index is 2350. The van der Waals surface area contributed by atoms with Gasteiger partial charge in [0.15, 0.2) is 0 Å². The summed E-state index contributed by atoms with van der Waals surface area (Å²) in [4.78, 5) is 5.24. The van der Waals surface area contributed by atoms with Crippen LogP contribution in [0.4, 0.5) is 34.1 Å². The third kappa shape index (κ3) is 4.58. The number of para-hydroxylation sites is 1. The van der Waals surface area contributed by atoms with Crippen LogP contribution in [-0.4, -0.2) is 14.8 Å². The molecule has 5 heteroatoms. The van der Waals surface area contributed by atoms with Gasteiger partial charge < -0.3 is 9.80 Å². The van der Waals surface area contributed by atoms with Crippen molar-refractivity contribution in [2.24, 2.45) is 0 Å². The molecule has 0 saturated heterocycles. The van der Waals surface area contributed by atoms with Gasteiger partial charge in [-0.3, -0.25) is 0 Å². The maximum absolute atomic E-state index is 2.69. The van der Waals surface area contributed by atoms with Gasteiger partial charge in [0.2, 0.25) is 0 Å². The third-order valence-corrected chi connectivity index (χ3v) is 15.2. The standard InChI is InChI=1S/C45H47BN2SSi/c1-28-15-18-31(19-16-28)47-36-21-22-39(50(7,8)9)42-40(36)46(35-20-17-29(2)25-37(35)47)43-41(48(42)30-13-11-10-12-14-30)32-26-33-34(27-38(32)49-43)45(5,6)24-23-44(33,3)4/h10-22,25-27H,23-24H2,1-9H3/q-1. The summed E-state index contributed by atoms with van der Waals surface area (Å²) >= 11 is 2.04. The molecule has 2 nitrogen and oxygen atoms in total. The van der Waals surface area contributed by atoms with Crippen LogP contribution in [0.25, 0.3) is 10.1 Å². The average Bonchev–Trinajstić information content (AvgIpc) is 3.45. The fourth-order valence-electron chi connectivity index (χ4n) is 9.08. The Morgan fingerprint density at radius 3 is 1.96 bits per heavy atom. The number of hydrogen-bond acceptors (Lipinski definition) is 3. The van der Waals surface area contributed by atoms with Gasteiger partial charge in [0.25, 0.3) is 6.71 Å². The van der Waals surface area contributed by atoms with Crippen LogP contribution in [0.2, 0.25) is 19.6 Å². The van der Waals surface area contributed by atoms with Gasteiger partial charge in [0.05, 0.1) is 5.69 Å². The molecule has 5 aromatic carbocycles. The predicted molar refractivity (Wildman–Crippen MR) is 224 cm³/mol. The van der Waals surface area contributed by atoms with Crippen molar-refractivity contribution in [3.63, 3.8) is 0 Å². The van der Waals surface area contributed by atoms with E-state index in [2.05, 4.69) is 168 Å². The van der Waals surface area contributed by atoms with Crippen molar-refractivity contribution in [3.05, 3.63) is 119 Å². The topological polar surface area (TPSA) is 6.48 Å². The highest BCUT2D eigenvalue weighted by Crippen LogP contribution is 2.52. The summed E-state index contributed by atoms with van der Waals surface area (Å²) in [5.41, 5.74) is 16.7. The summed E-state index contributed by atoms with van der Waals surface area (Å²) in [6, 6.07) is 37.7. The van der Waals surface area contributed by atoms with Crippen molar-refractivity contribution in [2.75, 3.05) is 9.80 Å². The van der Waals surface area contributed by atoms with Crippen LogP contribution >= 0.6 is 11.3 Å². The van der Waals surface area contributed by atoms with E-state index in [1.54, 1.807) is 0 Å². The Morgan fingerprint density at radius 1 is 0.640 bits per heavy atom. The maximum atomic E-state index is 2.69. The molecular formula is C45H47BN2SSi-. The van der Waals surface area contributed by atoms with Crippen molar-refractivity contribution < 1.29 is 0 Å². The SMILES string of the molecule is Cc1ccc(N2c3cc(C)ccc3B3c4sc5cc6c(cc5c4N(c4ccccc4)c4c([Si-](C)(C)C)ccc2c43)C(C)(C)CCC6(C)C)cc1. The number of thiophene rings is 1. The molecule has 0 radical (unpaired) electrons. The molecular weight excluding hydrogens is 639 g/mol. The first-order valence-electron chi connectivity index (χ1n) is 18.4. The first-order valence-corrected chi connectivity index (χ1v) is 22.7. The largest absolute Gasteiger partial charge is 0.313 e. The fraction of sp³-hybridized carbons (Fsp3) is 0.289. The minimum atomic E-state index is -1.83.